The van der Waals surface area contributed by atoms with Gasteiger partial charge in [-0.25, -0.2) is 0 Å². The van der Waals surface area contributed by atoms with Gasteiger partial charge in [-0.15, -0.1) is 0 Å². The first-order valence-electron chi connectivity index (χ1n) is 11.8. The summed E-state index contributed by atoms with van der Waals surface area (Å²) in [6, 6.07) is 7.35. The Morgan fingerprint density at radius 1 is 0.944 bits per heavy atom. The van der Waals surface area contributed by atoms with Crippen LogP contribution in [0.2, 0.25) is 0 Å². The third kappa shape index (κ3) is 6.03. The highest BCUT2D eigenvalue weighted by Gasteiger charge is 2.51. The zero-order valence-corrected chi connectivity index (χ0v) is 20.9. The van der Waals surface area contributed by atoms with Crippen molar-refractivity contribution in [2.75, 3.05) is 0 Å². The molecular weight excluding hydrogens is 473 g/mol. The number of halogens is 3. The Bertz CT molecular complexity index is 1120. The predicted molar refractivity (Wildman–Crippen MR) is 128 cm³/mol. The summed E-state index contributed by atoms with van der Waals surface area (Å²) in [4.78, 5) is 43.7. The van der Waals surface area contributed by atoms with Crippen molar-refractivity contribution in [2.45, 2.75) is 77.3 Å². The van der Waals surface area contributed by atoms with Crippen molar-refractivity contribution in [3.8, 4) is 0 Å². The van der Waals surface area contributed by atoms with Crippen LogP contribution in [0.15, 0.2) is 42.7 Å². The van der Waals surface area contributed by atoms with E-state index < -0.39 is 35.1 Å². The summed E-state index contributed by atoms with van der Waals surface area (Å²) in [6.45, 7) is 9.61. The van der Waals surface area contributed by atoms with Crippen LogP contribution in [0.5, 0.6) is 0 Å². The van der Waals surface area contributed by atoms with E-state index in [1.807, 2.05) is 27.7 Å². The summed E-state index contributed by atoms with van der Waals surface area (Å²) in [5.74, 6) is -1.29. The van der Waals surface area contributed by atoms with Crippen LogP contribution in [0, 0.1) is 0 Å². The minimum absolute atomic E-state index is 0.0482. The first-order valence-corrected chi connectivity index (χ1v) is 11.8. The number of benzene rings is 1. The fourth-order valence-corrected chi connectivity index (χ4v) is 4.09. The molecule has 1 aromatic carbocycles. The summed E-state index contributed by atoms with van der Waals surface area (Å²) in [5, 5.41) is 5.42. The van der Waals surface area contributed by atoms with Gasteiger partial charge in [-0.3, -0.25) is 19.4 Å². The minimum Gasteiger partial charge on any atom is -0.348 e. The number of alkyl halides is 3. The van der Waals surface area contributed by atoms with Gasteiger partial charge in [0.05, 0.1) is 17.2 Å². The van der Waals surface area contributed by atoms with Gasteiger partial charge in [-0.1, -0.05) is 12.1 Å². The Balaban J connectivity index is 1.65. The SMILES string of the molecule is CC(C)N(C(=O)c1ccc([C@@H](C)NC(=O)C2(NC(=O)c3cncc(C(F)(F)F)c3)CC2)cc1)C(C)C. The van der Waals surface area contributed by atoms with Crippen LogP contribution in [0.25, 0.3) is 0 Å². The molecule has 3 amide bonds. The number of rotatable bonds is 8. The largest absolute Gasteiger partial charge is 0.417 e. The standard InChI is InChI=1S/C26H31F3N4O3/c1-15(2)33(16(3)4)23(35)19-8-6-18(7-9-19)17(5)31-24(36)25(10-11-25)32-22(34)20-12-21(14-30-13-20)26(27,28)29/h6-9,12-17H,10-11H2,1-5H3,(H,31,36)(H,32,34)/t17-/m1/s1. The first kappa shape index (κ1) is 27.2. The smallest absolute Gasteiger partial charge is 0.348 e. The van der Waals surface area contributed by atoms with Crippen LogP contribution in [0.4, 0.5) is 13.2 Å². The molecule has 0 unspecified atom stereocenters. The average molecular weight is 505 g/mol. The topological polar surface area (TPSA) is 91.4 Å². The molecule has 1 saturated carbocycles. The van der Waals surface area contributed by atoms with E-state index in [-0.39, 0.29) is 23.6 Å². The molecular formula is C26H31F3N4O3. The second kappa shape index (κ2) is 10.3. The molecule has 0 radical (unpaired) electrons. The van der Waals surface area contributed by atoms with Crippen molar-refractivity contribution in [3.05, 3.63) is 65.0 Å². The number of carbonyl (C=O) groups excluding carboxylic acids is 3. The van der Waals surface area contributed by atoms with Gasteiger partial charge in [-0.2, -0.15) is 13.2 Å². The average Bonchev–Trinajstić information content (AvgIpc) is 3.58. The molecule has 0 bridgehead atoms. The van der Waals surface area contributed by atoms with E-state index in [1.54, 1.807) is 36.1 Å². The monoisotopic (exact) mass is 504 g/mol. The van der Waals surface area contributed by atoms with Crippen LogP contribution in [0.1, 0.15) is 85.3 Å². The first-order chi connectivity index (χ1) is 16.7. The van der Waals surface area contributed by atoms with Gasteiger partial charge < -0.3 is 15.5 Å². The quantitative estimate of drug-likeness (QED) is 0.554. The van der Waals surface area contributed by atoms with Crippen LogP contribution in [-0.4, -0.2) is 45.2 Å². The fourth-order valence-electron chi connectivity index (χ4n) is 4.09. The third-order valence-corrected chi connectivity index (χ3v) is 6.22. The lowest BCUT2D eigenvalue weighted by Crippen LogP contribution is -2.49. The fraction of sp³-hybridized carbons (Fsp3) is 0.462. The van der Waals surface area contributed by atoms with Crippen molar-refractivity contribution < 1.29 is 27.6 Å². The highest BCUT2D eigenvalue weighted by molar-refractivity contribution is 6.00. The van der Waals surface area contributed by atoms with Crippen molar-refractivity contribution in [1.29, 1.82) is 0 Å². The summed E-state index contributed by atoms with van der Waals surface area (Å²) >= 11 is 0. The molecule has 2 aromatic rings. The maximum atomic E-state index is 12.9. The Morgan fingerprint density at radius 2 is 1.53 bits per heavy atom. The summed E-state index contributed by atoms with van der Waals surface area (Å²) in [7, 11) is 0. The maximum Gasteiger partial charge on any atom is 0.417 e. The van der Waals surface area contributed by atoms with Crippen molar-refractivity contribution in [1.82, 2.24) is 20.5 Å². The molecule has 0 saturated heterocycles. The van der Waals surface area contributed by atoms with E-state index >= 15 is 0 Å². The van der Waals surface area contributed by atoms with E-state index in [1.165, 1.54) is 0 Å². The Kier molecular flexibility index (Phi) is 7.76. The number of aromatic nitrogens is 1. The molecule has 7 nitrogen and oxygen atoms in total. The number of nitrogens with one attached hydrogen (secondary N) is 2. The molecule has 3 rings (SSSR count). The Hall–Kier alpha value is -3.43. The zero-order valence-electron chi connectivity index (χ0n) is 20.9. The number of amides is 3. The maximum absolute atomic E-state index is 12.9. The van der Waals surface area contributed by atoms with E-state index in [4.69, 9.17) is 0 Å². The molecule has 0 spiro atoms. The van der Waals surface area contributed by atoms with E-state index in [9.17, 15) is 27.6 Å². The second-order valence-corrected chi connectivity index (χ2v) is 9.71. The summed E-state index contributed by atoms with van der Waals surface area (Å²) < 4.78 is 38.8. The predicted octanol–water partition coefficient (Wildman–Crippen LogP) is 4.50. The molecule has 1 atom stereocenters. The van der Waals surface area contributed by atoms with Gasteiger partial charge in [0.2, 0.25) is 5.91 Å². The Morgan fingerprint density at radius 3 is 2.03 bits per heavy atom. The van der Waals surface area contributed by atoms with Crippen LogP contribution in [0.3, 0.4) is 0 Å². The zero-order chi connectivity index (χ0) is 26.8. The van der Waals surface area contributed by atoms with Crippen molar-refractivity contribution in [2.24, 2.45) is 0 Å². The normalized spacial score (nSPS) is 15.4. The van der Waals surface area contributed by atoms with Gasteiger partial charge in [-0.05, 0) is 71.2 Å². The number of hydrogen-bond donors (Lipinski definition) is 2. The van der Waals surface area contributed by atoms with Gasteiger partial charge in [0.15, 0.2) is 0 Å². The molecule has 36 heavy (non-hydrogen) atoms. The van der Waals surface area contributed by atoms with E-state index in [2.05, 4.69) is 15.6 Å². The Labute approximate surface area is 208 Å². The lowest BCUT2D eigenvalue weighted by Gasteiger charge is -2.31. The summed E-state index contributed by atoms with van der Waals surface area (Å²) in [5.41, 5.74) is -1.17. The van der Waals surface area contributed by atoms with Gasteiger partial charge in [0.1, 0.15) is 5.54 Å². The third-order valence-electron chi connectivity index (χ3n) is 6.22. The van der Waals surface area contributed by atoms with Crippen molar-refractivity contribution in [3.63, 3.8) is 0 Å². The number of pyridine rings is 1. The van der Waals surface area contributed by atoms with Crippen LogP contribution >= 0.6 is 0 Å². The van der Waals surface area contributed by atoms with E-state index in [0.29, 0.717) is 30.7 Å². The van der Waals surface area contributed by atoms with Gasteiger partial charge in [0, 0.05) is 30.0 Å². The molecule has 0 aliphatic heterocycles. The number of nitrogens with zero attached hydrogens (tertiary/aromatic N) is 2. The molecule has 10 heteroatoms. The molecule has 1 aliphatic rings. The highest BCUT2D eigenvalue weighted by Crippen LogP contribution is 2.37. The molecule has 1 aliphatic carbocycles. The lowest BCUT2D eigenvalue weighted by atomic mass is 10.0. The van der Waals surface area contributed by atoms with Crippen LogP contribution in [-0.2, 0) is 11.0 Å². The second-order valence-electron chi connectivity index (χ2n) is 9.71. The molecule has 1 fully saturated rings. The van der Waals surface area contributed by atoms with Crippen molar-refractivity contribution >= 4 is 17.7 Å². The highest BCUT2D eigenvalue weighted by atomic mass is 19.4. The molecule has 1 aromatic heterocycles. The molecule has 2 N–H and O–H groups in total. The van der Waals surface area contributed by atoms with Gasteiger partial charge in [0.25, 0.3) is 11.8 Å². The molecule has 1 heterocycles. The van der Waals surface area contributed by atoms with E-state index in [0.717, 1.165) is 11.8 Å². The molecule has 194 valence electrons. The van der Waals surface area contributed by atoms with Gasteiger partial charge >= 0.3 is 6.18 Å². The minimum atomic E-state index is -4.63. The lowest BCUT2D eigenvalue weighted by molar-refractivity contribution is -0.137. The summed E-state index contributed by atoms with van der Waals surface area (Å²) in [6.07, 6.45) is -2.21. The number of carbonyl (C=O) groups is 3. The van der Waals surface area contributed by atoms with Crippen LogP contribution < -0.4 is 10.6 Å². The number of hydrogen-bond acceptors (Lipinski definition) is 4.